The molecule has 0 aromatic carbocycles. The Morgan fingerprint density at radius 2 is 2.11 bits per heavy atom. The Labute approximate surface area is 132 Å². The summed E-state index contributed by atoms with van der Waals surface area (Å²) in [7, 11) is 0. The van der Waals surface area contributed by atoms with Crippen LogP contribution in [0.15, 0.2) is 58.3 Å². The summed E-state index contributed by atoms with van der Waals surface area (Å²) in [6, 6.07) is 0. The smallest absolute Gasteiger partial charge is 0.00843 e. The molecule has 0 spiro atoms. The summed E-state index contributed by atoms with van der Waals surface area (Å²) in [6.07, 6.45) is 14.2. The van der Waals surface area contributed by atoms with Crippen LogP contribution in [-0.4, -0.2) is 0 Å². The molecule has 1 atom stereocenters. The molecular weight excluding hydrogens is 343 g/mol. The van der Waals surface area contributed by atoms with Crippen molar-refractivity contribution in [2.45, 2.75) is 40.0 Å². The van der Waals surface area contributed by atoms with Gasteiger partial charge in [-0.05, 0) is 64.3 Å². The van der Waals surface area contributed by atoms with Gasteiger partial charge in [0.15, 0.2) is 0 Å². The van der Waals surface area contributed by atoms with Gasteiger partial charge in [0.25, 0.3) is 0 Å². The van der Waals surface area contributed by atoms with Crippen molar-refractivity contribution in [3.63, 3.8) is 0 Å². The van der Waals surface area contributed by atoms with Gasteiger partial charge in [-0.2, -0.15) is 0 Å². The van der Waals surface area contributed by atoms with Gasteiger partial charge in [-0.3, -0.25) is 0 Å². The van der Waals surface area contributed by atoms with Gasteiger partial charge in [0.1, 0.15) is 0 Å². The van der Waals surface area contributed by atoms with Gasteiger partial charge in [-0.1, -0.05) is 64.3 Å². The van der Waals surface area contributed by atoms with Crippen molar-refractivity contribution in [1.29, 1.82) is 0 Å². The number of hydrogen-bond donors (Lipinski definition) is 0. The molecular formula is C18H25I. The Balaban J connectivity index is 3.05. The second kappa shape index (κ2) is 7.28. The van der Waals surface area contributed by atoms with E-state index in [0.29, 0.717) is 5.92 Å². The van der Waals surface area contributed by atoms with Crippen molar-refractivity contribution in [3.8, 4) is 0 Å². The van der Waals surface area contributed by atoms with E-state index in [2.05, 4.69) is 80.8 Å². The molecule has 0 aliphatic heterocycles. The SMILES string of the molecule is C=CC1=C(/C=C\CC)C(C/C=C(/I)C=C)CC1(C)C. The third kappa shape index (κ3) is 4.20. The van der Waals surface area contributed by atoms with E-state index in [1.54, 1.807) is 0 Å². The number of halogens is 1. The Morgan fingerprint density at radius 1 is 1.42 bits per heavy atom. The van der Waals surface area contributed by atoms with Crippen LogP contribution in [-0.2, 0) is 0 Å². The van der Waals surface area contributed by atoms with E-state index in [4.69, 9.17) is 0 Å². The zero-order valence-electron chi connectivity index (χ0n) is 12.4. The van der Waals surface area contributed by atoms with E-state index >= 15 is 0 Å². The highest BCUT2D eigenvalue weighted by Crippen LogP contribution is 2.48. The molecule has 0 bridgehead atoms. The summed E-state index contributed by atoms with van der Waals surface area (Å²) >= 11 is 2.34. The standard InChI is InChI=1S/C18H25I/c1-6-9-10-16-14(11-12-15(19)7-2)13-18(4,5)17(16)8-3/h7-10,12,14H,2-3,6,11,13H2,1,4-5H3/b10-9-,15-12+. The summed E-state index contributed by atoms with van der Waals surface area (Å²) in [5, 5.41) is 0. The highest BCUT2D eigenvalue weighted by atomic mass is 127. The maximum Gasteiger partial charge on any atom is 0.00843 e. The molecule has 1 aliphatic rings. The lowest BCUT2D eigenvalue weighted by atomic mass is 9.84. The van der Waals surface area contributed by atoms with Crippen molar-refractivity contribution in [1.82, 2.24) is 0 Å². The fourth-order valence-corrected chi connectivity index (χ4v) is 3.11. The molecule has 0 heterocycles. The Hall–Kier alpha value is -0.570. The third-order valence-corrected chi connectivity index (χ3v) is 4.65. The highest BCUT2D eigenvalue weighted by Gasteiger charge is 2.35. The van der Waals surface area contributed by atoms with Crippen LogP contribution in [0.5, 0.6) is 0 Å². The predicted octanol–water partition coefficient (Wildman–Crippen LogP) is 6.38. The minimum Gasteiger partial charge on any atom is -0.0988 e. The summed E-state index contributed by atoms with van der Waals surface area (Å²) in [5.74, 6) is 0.607. The molecule has 0 nitrogen and oxygen atoms in total. The first kappa shape index (κ1) is 16.5. The zero-order chi connectivity index (χ0) is 14.5. The van der Waals surface area contributed by atoms with E-state index in [-0.39, 0.29) is 5.41 Å². The topological polar surface area (TPSA) is 0 Å². The second-order valence-corrected chi connectivity index (χ2v) is 6.94. The maximum atomic E-state index is 4.02. The normalized spacial score (nSPS) is 23.2. The number of rotatable bonds is 6. The Kier molecular flexibility index (Phi) is 6.31. The second-order valence-electron chi connectivity index (χ2n) is 5.70. The van der Waals surface area contributed by atoms with Crippen LogP contribution < -0.4 is 0 Å². The zero-order valence-corrected chi connectivity index (χ0v) is 14.5. The first-order valence-electron chi connectivity index (χ1n) is 6.98. The fraction of sp³-hybridized carbons (Fsp3) is 0.444. The lowest BCUT2D eigenvalue weighted by molar-refractivity contribution is 0.396. The lowest BCUT2D eigenvalue weighted by Gasteiger charge is -2.20. The number of allylic oxidation sites excluding steroid dienone is 8. The van der Waals surface area contributed by atoms with Crippen LogP contribution in [0, 0.1) is 11.3 Å². The Bertz CT molecular complexity index is 433. The van der Waals surface area contributed by atoms with Gasteiger partial charge in [0.05, 0.1) is 0 Å². The fourth-order valence-electron chi connectivity index (χ4n) is 2.86. The molecule has 1 rings (SSSR count). The molecule has 0 saturated carbocycles. The molecule has 1 unspecified atom stereocenters. The molecule has 1 aliphatic carbocycles. The first-order valence-corrected chi connectivity index (χ1v) is 8.05. The van der Waals surface area contributed by atoms with Crippen LogP contribution >= 0.6 is 22.6 Å². The molecule has 0 fully saturated rings. The van der Waals surface area contributed by atoms with E-state index in [1.807, 2.05) is 6.08 Å². The average molecular weight is 368 g/mol. The molecule has 0 radical (unpaired) electrons. The van der Waals surface area contributed by atoms with E-state index < -0.39 is 0 Å². The van der Waals surface area contributed by atoms with E-state index in [9.17, 15) is 0 Å². The largest absolute Gasteiger partial charge is 0.0988 e. The van der Waals surface area contributed by atoms with Gasteiger partial charge in [-0.25, -0.2) is 0 Å². The van der Waals surface area contributed by atoms with Gasteiger partial charge in [0.2, 0.25) is 0 Å². The quantitative estimate of drug-likeness (QED) is 0.377. The van der Waals surface area contributed by atoms with Crippen LogP contribution in [0.3, 0.4) is 0 Å². The molecule has 0 aromatic heterocycles. The van der Waals surface area contributed by atoms with Crippen LogP contribution in [0.25, 0.3) is 0 Å². The molecule has 0 amide bonds. The van der Waals surface area contributed by atoms with E-state index in [0.717, 1.165) is 12.8 Å². The molecule has 0 saturated heterocycles. The minimum absolute atomic E-state index is 0.243. The Morgan fingerprint density at radius 3 is 2.63 bits per heavy atom. The van der Waals surface area contributed by atoms with Gasteiger partial charge in [-0.15, -0.1) is 0 Å². The lowest BCUT2D eigenvalue weighted by Crippen LogP contribution is -2.09. The molecule has 1 heteroatoms. The molecule has 0 N–H and O–H groups in total. The van der Waals surface area contributed by atoms with Crippen LogP contribution in [0.1, 0.15) is 40.0 Å². The van der Waals surface area contributed by atoms with Gasteiger partial charge < -0.3 is 0 Å². The maximum absolute atomic E-state index is 4.02. The van der Waals surface area contributed by atoms with Crippen LogP contribution in [0.4, 0.5) is 0 Å². The summed E-state index contributed by atoms with van der Waals surface area (Å²) in [6.45, 7) is 14.7. The average Bonchev–Trinajstić information content (AvgIpc) is 2.63. The van der Waals surface area contributed by atoms with Crippen molar-refractivity contribution in [2.24, 2.45) is 11.3 Å². The molecule has 19 heavy (non-hydrogen) atoms. The summed E-state index contributed by atoms with van der Waals surface area (Å²) < 4.78 is 1.24. The molecule has 104 valence electrons. The van der Waals surface area contributed by atoms with Crippen molar-refractivity contribution in [2.75, 3.05) is 0 Å². The highest BCUT2D eigenvalue weighted by molar-refractivity contribution is 14.1. The van der Waals surface area contributed by atoms with Gasteiger partial charge >= 0.3 is 0 Å². The van der Waals surface area contributed by atoms with Crippen molar-refractivity contribution < 1.29 is 0 Å². The predicted molar refractivity (Wildman–Crippen MR) is 95.5 cm³/mol. The summed E-state index contributed by atoms with van der Waals surface area (Å²) in [5.41, 5.74) is 3.14. The minimum atomic E-state index is 0.243. The van der Waals surface area contributed by atoms with Crippen LogP contribution in [0.2, 0.25) is 0 Å². The first-order chi connectivity index (χ1) is 8.96. The number of hydrogen-bond acceptors (Lipinski definition) is 0. The van der Waals surface area contributed by atoms with Gasteiger partial charge in [0, 0.05) is 3.58 Å². The monoisotopic (exact) mass is 368 g/mol. The van der Waals surface area contributed by atoms with E-state index in [1.165, 1.54) is 21.1 Å². The molecule has 0 aromatic rings. The third-order valence-electron chi connectivity index (χ3n) is 3.77. The summed E-state index contributed by atoms with van der Waals surface area (Å²) in [4.78, 5) is 0. The van der Waals surface area contributed by atoms with Crippen molar-refractivity contribution >= 4 is 22.6 Å². The van der Waals surface area contributed by atoms with Crippen molar-refractivity contribution in [3.05, 3.63) is 58.3 Å².